The zero-order chi connectivity index (χ0) is 33.8. The second-order valence-corrected chi connectivity index (χ2v) is 12.6. The van der Waals surface area contributed by atoms with Gasteiger partial charge >= 0.3 is 5.97 Å². The van der Waals surface area contributed by atoms with Gasteiger partial charge in [0.25, 0.3) is 0 Å². The molecule has 2 aliphatic rings. The minimum atomic E-state index is -0.267. The number of esters is 1. The van der Waals surface area contributed by atoms with Gasteiger partial charge in [-0.05, 0) is 42.7 Å². The number of halogens is 2. The van der Waals surface area contributed by atoms with Gasteiger partial charge in [-0.1, -0.05) is 47.5 Å². The van der Waals surface area contributed by atoms with E-state index >= 15 is 0 Å². The summed E-state index contributed by atoms with van der Waals surface area (Å²) in [6, 6.07) is 15.7. The maximum Gasteiger partial charge on any atom is 0.319 e. The second kappa shape index (κ2) is 14.9. The lowest BCUT2D eigenvalue weighted by Crippen LogP contribution is -2.35. The van der Waals surface area contributed by atoms with Crippen LogP contribution in [0, 0.1) is 0 Å². The fourth-order valence-electron chi connectivity index (χ4n) is 6.32. The topological polar surface area (TPSA) is 115 Å². The lowest BCUT2D eigenvalue weighted by molar-refractivity contribution is -0.142. The number of ether oxygens (including phenoxy) is 3. The van der Waals surface area contributed by atoms with E-state index in [1.807, 2.05) is 47.4 Å². The van der Waals surface area contributed by atoms with Crippen molar-refractivity contribution >= 4 is 35.1 Å². The van der Waals surface area contributed by atoms with Crippen molar-refractivity contribution in [3.8, 4) is 45.3 Å². The number of aromatic nitrogens is 2. The highest BCUT2D eigenvalue weighted by molar-refractivity contribution is 6.39. The molecule has 10 nitrogen and oxygen atoms in total. The molecular weight excluding hydrogens is 653 g/mol. The Kier molecular flexibility index (Phi) is 10.5. The quantitative estimate of drug-likeness (QED) is 0.191. The van der Waals surface area contributed by atoms with Crippen LogP contribution in [0.4, 0.5) is 0 Å². The molecule has 2 aromatic heterocycles. The summed E-state index contributed by atoms with van der Waals surface area (Å²) >= 11 is 14.2. The first-order chi connectivity index (χ1) is 23.3. The van der Waals surface area contributed by atoms with Crippen LogP contribution < -0.4 is 20.1 Å². The van der Waals surface area contributed by atoms with Gasteiger partial charge in [-0.15, -0.1) is 0 Å². The van der Waals surface area contributed by atoms with Crippen LogP contribution in [0.15, 0.2) is 54.7 Å². The molecular formula is C36H37Cl2N5O5. The third kappa shape index (κ3) is 7.12. The van der Waals surface area contributed by atoms with Gasteiger partial charge in [0, 0.05) is 78.2 Å². The van der Waals surface area contributed by atoms with Crippen LogP contribution in [-0.2, 0) is 33.8 Å². The molecule has 0 aliphatic carbocycles. The highest BCUT2D eigenvalue weighted by Crippen LogP contribution is 2.43. The smallest absolute Gasteiger partial charge is 0.319 e. The molecule has 4 aromatic rings. The summed E-state index contributed by atoms with van der Waals surface area (Å²) in [5.74, 6) is 1.04. The number of pyridine rings is 2. The van der Waals surface area contributed by atoms with E-state index in [1.165, 1.54) is 7.11 Å². The average Bonchev–Trinajstić information content (AvgIpc) is 3.52. The number of carbonyl (C=O) groups excluding carboxylic acids is 2. The van der Waals surface area contributed by atoms with Crippen molar-refractivity contribution in [2.75, 3.05) is 41.0 Å². The molecule has 0 saturated carbocycles. The molecule has 12 heteroatoms. The lowest BCUT2D eigenvalue weighted by Gasteiger charge is -2.29. The number of amides is 1. The van der Waals surface area contributed by atoms with Crippen LogP contribution in [0.3, 0.4) is 0 Å². The van der Waals surface area contributed by atoms with Crippen molar-refractivity contribution < 1.29 is 23.8 Å². The zero-order valence-corrected chi connectivity index (χ0v) is 28.6. The van der Waals surface area contributed by atoms with Gasteiger partial charge in [-0.3, -0.25) is 19.5 Å². The summed E-state index contributed by atoms with van der Waals surface area (Å²) in [7, 11) is 4.63. The molecule has 1 saturated heterocycles. The Morgan fingerprint density at radius 3 is 2.58 bits per heavy atom. The molecule has 1 amide bonds. The molecule has 0 bridgehead atoms. The molecule has 2 aliphatic heterocycles. The number of fused-ring (bicyclic) bond motifs is 1. The van der Waals surface area contributed by atoms with Gasteiger partial charge in [-0.25, -0.2) is 4.98 Å². The fourth-order valence-corrected chi connectivity index (χ4v) is 6.97. The molecule has 2 N–H and O–H groups in total. The predicted molar refractivity (Wildman–Crippen MR) is 185 cm³/mol. The minimum absolute atomic E-state index is 0.0962. The van der Waals surface area contributed by atoms with Crippen molar-refractivity contribution in [2.45, 2.75) is 38.4 Å². The summed E-state index contributed by atoms with van der Waals surface area (Å²) in [4.78, 5) is 34.9. The number of nitrogens with one attached hydrogen (secondary N) is 2. The largest absolute Gasteiger partial charge is 0.496 e. The first kappa shape index (κ1) is 33.7. The van der Waals surface area contributed by atoms with E-state index in [0.29, 0.717) is 65.7 Å². The molecule has 48 heavy (non-hydrogen) atoms. The van der Waals surface area contributed by atoms with E-state index < -0.39 is 0 Å². The van der Waals surface area contributed by atoms with Crippen LogP contribution in [-0.4, -0.2) is 73.7 Å². The number of carbonyl (C=O) groups is 2. The molecule has 250 valence electrons. The molecule has 1 fully saturated rings. The number of hydrogen-bond donors (Lipinski definition) is 2. The minimum Gasteiger partial charge on any atom is -0.496 e. The van der Waals surface area contributed by atoms with Crippen LogP contribution in [0.25, 0.3) is 33.6 Å². The Morgan fingerprint density at radius 2 is 1.83 bits per heavy atom. The van der Waals surface area contributed by atoms with Gasteiger partial charge in [0.1, 0.15) is 5.75 Å². The van der Waals surface area contributed by atoms with Crippen molar-refractivity contribution in [1.82, 2.24) is 25.5 Å². The summed E-state index contributed by atoms with van der Waals surface area (Å²) in [6.07, 6.45) is 3.87. The monoisotopic (exact) mass is 689 g/mol. The summed E-state index contributed by atoms with van der Waals surface area (Å²) in [5.41, 5.74) is 7.39. The first-order valence-electron chi connectivity index (χ1n) is 15.8. The lowest BCUT2D eigenvalue weighted by atomic mass is 9.94. The molecule has 1 atom stereocenters. The molecule has 0 unspecified atom stereocenters. The summed E-state index contributed by atoms with van der Waals surface area (Å²) < 4.78 is 16.3. The molecule has 0 radical (unpaired) electrons. The second-order valence-electron chi connectivity index (χ2n) is 11.8. The van der Waals surface area contributed by atoms with Crippen molar-refractivity contribution in [3.05, 3.63) is 81.5 Å². The predicted octanol–water partition coefficient (Wildman–Crippen LogP) is 5.70. The van der Waals surface area contributed by atoms with Crippen LogP contribution in [0.1, 0.15) is 29.5 Å². The number of nitrogens with zero attached hydrogens (tertiary/aromatic N) is 3. The van der Waals surface area contributed by atoms with E-state index in [4.69, 9.17) is 42.4 Å². The Hall–Kier alpha value is -4.22. The normalized spacial score (nSPS) is 15.9. The third-order valence-electron chi connectivity index (χ3n) is 8.83. The van der Waals surface area contributed by atoms with E-state index in [1.54, 1.807) is 20.4 Å². The molecule has 4 heterocycles. The van der Waals surface area contributed by atoms with Crippen LogP contribution in [0.5, 0.6) is 11.6 Å². The van der Waals surface area contributed by atoms with Crippen LogP contribution in [0.2, 0.25) is 10.0 Å². The van der Waals surface area contributed by atoms with E-state index in [0.717, 1.165) is 51.8 Å². The number of benzene rings is 2. The van der Waals surface area contributed by atoms with E-state index in [2.05, 4.69) is 21.7 Å². The van der Waals surface area contributed by atoms with Crippen molar-refractivity contribution in [3.63, 3.8) is 0 Å². The maximum atomic E-state index is 11.9. The average molecular weight is 691 g/mol. The SMILES string of the molecule is COC(=O)CN1CCc2cc(-c3nccc(-c4cccc(-c5ccc(CNC[C@@H]6CCC(=O)N6)c(OC)n5)c4Cl)c3Cl)cc(OC)c2C1. The van der Waals surface area contributed by atoms with E-state index in [9.17, 15) is 9.59 Å². The molecule has 0 spiro atoms. The van der Waals surface area contributed by atoms with Gasteiger partial charge in [0.05, 0.1) is 49.3 Å². The zero-order valence-electron chi connectivity index (χ0n) is 27.1. The molecule has 6 rings (SSSR count). The number of rotatable bonds is 11. The van der Waals surface area contributed by atoms with Gasteiger partial charge in [0.2, 0.25) is 11.8 Å². The first-order valence-corrected chi connectivity index (χ1v) is 16.5. The number of hydrogen-bond acceptors (Lipinski definition) is 9. The summed E-state index contributed by atoms with van der Waals surface area (Å²) in [6.45, 7) is 2.74. The van der Waals surface area contributed by atoms with Crippen molar-refractivity contribution in [2.24, 2.45) is 0 Å². The van der Waals surface area contributed by atoms with Gasteiger partial charge in [0.15, 0.2) is 0 Å². The maximum absolute atomic E-state index is 11.9. The van der Waals surface area contributed by atoms with Crippen molar-refractivity contribution in [1.29, 1.82) is 0 Å². The summed E-state index contributed by atoms with van der Waals surface area (Å²) in [5, 5.41) is 7.33. The highest BCUT2D eigenvalue weighted by atomic mass is 35.5. The third-order valence-corrected chi connectivity index (χ3v) is 9.62. The number of methoxy groups -OCH3 is 3. The Bertz CT molecular complexity index is 1830. The highest BCUT2D eigenvalue weighted by Gasteiger charge is 2.25. The molecule has 2 aromatic carbocycles. The fraction of sp³-hybridized carbons (Fsp3) is 0.333. The van der Waals surface area contributed by atoms with Crippen LogP contribution >= 0.6 is 23.2 Å². The van der Waals surface area contributed by atoms with Gasteiger partial charge < -0.3 is 24.8 Å². The van der Waals surface area contributed by atoms with E-state index in [-0.39, 0.29) is 24.5 Å². The Balaban J connectivity index is 1.26. The Labute approximate surface area is 289 Å². The standard InChI is InChI=1S/C36H37Cl2N5O5/c1-46-30-16-23(15-21-12-14-43(19-28(21)30)20-32(45)47-2)35-34(38)26(11-13-40-35)25-5-4-6-27(33(25)37)29-9-7-22(36(42-29)48-3)17-39-18-24-8-10-31(44)41-24/h4-7,9,11,13,15-16,24,39H,8,10,12,14,17-20H2,1-3H3,(H,41,44)/t24-/m0/s1. The van der Waals surface area contributed by atoms with Gasteiger partial charge in [-0.2, -0.15) is 0 Å². The Morgan fingerprint density at radius 1 is 1.02 bits per heavy atom.